The Morgan fingerprint density at radius 2 is 1.69 bits per heavy atom. The number of fused-ring (bicyclic) bond motifs is 3. The van der Waals surface area contributed by atoms with Crippen molar-refractivity contribution in [3.05, 3.63) is 39.5 Å². The average Bonchev–Trinajstić information content (AvgIpc) is 2.65. The minimum atomic E-state index is -1.28. The van der Waals surface area contributed by atoms with Crippen LogP contribution in [0.2, 0.25) is 0 Å². The third-order valence-corrected chi connectivity index (χ3v) is 6.07. The number of methoxy groups -OCH3 is 1. The standard InChI is InChI=1S/C22H20O7/c1-8-6-10-13-11(7-12(28-5)14(10)21(27)29-8)18(24)16-15(19(13)25)17(23)9(2)20(26)22(16,3)4/h7-9H,6H2,1-5H3. The number of benzene rings is 1. The van der Waals surface area contributed by atoms with Gasteiger partial charge in [0.15, 0.2) is 23.1 Å². The molecule has 0 radical (unpaired) electrons. The zero-order valence-electron chi connectivity index (χ0n) is 16.8. The summed E-state index contributed by atoms with van der Waals surface area (Å²) in [4.78, 5) is 65.0. The van der Waals surface area contributed by atoms with Crippen LogP contribution in [-0.4, -0.2) is 42.3 Å². The fourth-order valence-corrected chi connectivity index (χ4v) is 4.63. The Labute approximate surface area is 167 Å². The third-order valence-electron chi connectivity index (χ3n) is 6.07. The van der Waals surface area contributed by atoms with Crippen LogP contribution in [0, 0.1) is 11.3 Å². The van der Waals surface area contributed by atoms with Gasteiger partial charge in [0, 0.05) is 23.1 Å². The Kier molecular flexibility index (Phi) is 3.95. The highest BCUT2D eigenvalue weighted by molar-refractivity contribution is 6.42. The van der Waals surface area contributed by atoms with Crippen LogP contribution in [0.5, 0.6) is 5.75 Å². The lowest BCUT2D eigenvalue weighted by atomic mass is 9.61. The minimum Gasteiger partial charge on any atom is -0.496 e. The van der Waals surface area contributed by atoms with E-state index in [1.165, 1.54) is 20.1 Å². The highest BCUT2D eigenvalue weighted by Crippen LogP contribution is 2.47. The largest absolute Gasteiger partial charge is 0.496 e. The van der Waals surface area contributed by atoms with Crippen LogP contribution in [0.1, 0.15) is 64.3 Å². The van der Waals surface area contributed by atoms with Crippen LogP contribution in [-0.2, 0) is 20.7 Å². The van der Waals surface area contributed by atoms with Crippen LogP contribution in [0.15, 0.2) is 17.2 Å². The van der Waals surface area contributed by atoms with Crippen molar-refractivity contribution in [1.29, 1.82) is 0 Å². The van der Waals surface area contributed by atoms with E-state index in [-0.39, 0.29) is 40.0 Å². The summed E-state index contributed by atoms with van der Waals surface area (Å²) in [7, 11) is 1.35. The minimum absolute atomic E-state index is 0.0405. The molecule has 1 aromatic rings. The van der Waals surface area contributed by atoms with Crippen LogP contribution in [0.25, 0.3) is 0 Å². The normalized spacial score (nSPS) is 25.3. The molecular formula is C22H20O7. The van der Waals surface area contributed by atoms with E-state index in [1.807, 2.05) is 0 Å². The summed E-state index contributed by atoms with van der Waals surface area (Å²) in [5, 5.41) is 0. The molecule has 0 aromatic heterocycles. The number of carbonyl (C=O) groups is 5. The predicted octanol–water partition coefficient (Wildman–Crippen LogP) is 2.29. The van der Waals surface area contributed by atoms with E-state index >= 15 is 0 Å². The summed E-state index contributed by atoms with van der Waals surface area (Å²) < 4.78 is 10.6. The molecule has 0 amide bonds. The Morgan fingerprint density at radius 3 is 2.31 bits per heavy atom. The molecule has 7 nitrogen and oxygen atoms in total. The van der Waals surface area contributed by atoms with Crippen molar-refractivity contribution < 1.29 is 33.4 Å². The predicted molar refractivity (Wildman–Crippen MR) is 100 cm³/mol. The van der Waals surface area contributed by atoms with Crippen molar-refractivity contribution in [3.8, 4) is 5.75 Å². The van der Waals surface area contributed by atoms with Gasteiger partial charge in [0.2, 0.25) is 0 Å². The van der Waals surface area contributed by atoms with Gasteiger partial charge in [-0.3, -0.25) is 19.2 Å². The molecule has 1 aromatic carbocycles. The van der Waals surface area contributed by atoms with E-state index in [9.17, 15) is 24.0 Å². The highest BCUT2D eigenvalue weighted by Gasteiger charge is 2.53. The number of rotatable bonds is 1. The van der Waals surface area contributed by atoms with Crippen LogP contribution in [0.3, 0.4) is 0 Å². The molecule has 0 saturated carbocycles. The van der Waals surface area contributed by atoms with E-state index in [4.69, 9.17) is 9.47 Å². The fourth-order valence-electron chi connectivity index (χ4n) is 4.63. The molecule has 0 saturated heterocycles. The molecule has 2 unspecified atom stereocenters. The Balaban J connectivity index is 2.08. The van der Waals surface area contributed by atoms with Crippen LogP contribution in [0.4, 0.5) is 0 Å². The van der Waals surface area contributed by atoms with Crippen molar-refractivity contribution in [2.45, 2.75) is 40.2 Å². The SMILES string of the molecule is COc1cc2c(c3c1C(=O)OC(C)C3)C(=O)C1=C(C2=O)C(C)(C)C(=O)C(C)C1=O. The summed E-state index contributed by atoms with van der Waals surface area (Å²) in [6, 6.07) is 1.33. The van der Waals surface area contributed by atoms with Gasteiger partial charge in [-0.25, -0.2) is 4.79 Å². The van der Waals surface area contributed by atoms with E-state index in [2.05, 4.69) is 0 Å². The lowest BCUT2D eigenvalue weighted by Crippen LogP contribution is -2.48. The first kappa shape index (κ1) is 19.2. The van der Waals surface area contributed by atoms with Crippen LogP contribution < -0.4 is 4.74 Å². The smallest absolute Gasteiger partial charge is 0.342 e. The molecule has 0 N–H and O–H groups in total. The van der Waals surface area contributed by atoms with Crippen molar-refractivity contribution in [2.75, 3.05) is 7.11 Å². The van der Waals surface area contributed by atoms with Crippen molar-refractivity contribution in [3.63, 3.8) is 0 Å². The third kappa shape index (κ3) is 2.33. The van der Waals surface area contributed by atoms with E-state index < -0.39 is 46.5 Å². The van der Waals surface area contributed by atoms with Gasteiger partial charge in [-0.05, 0) is 39.3 Å². The molecule has 0 spiro atoms. The Hall–Kier alpha value is -3.09. The molecule has 150 valence electrons. The molecule has 0 fully saturated rings. The lowest BCUT2D eigenvalue weighted by Gasteiger charge is -2.38. The first-order chi connectivity index (χ1) is 13.5. The fraction of sp³-hybridized carbons (Fsp3) is 0.409. The summed E-state index contributed by atoms with van der Waals surface area (Å²) in [6.07, 6.45) is -0.280. The Bertz CT molecular complexity index is 1090. The first-order valence-electron chi connectivity index (χ1n) is 9.39. The average molecular weight is 396 g/mol. The zero-order chi connectivity index (χ0) is 21.4. The molecule has 1 heterocycles. The number of ketones is 4. The van der Waals surface area contributed by atoms with Crippen molar-refractivity contribution in [2.24, 2.45) is 11.3 Å². The first-order valence-corrected chi connectivity index (χ1v) is 9.39. The second kappa shape index (κ2) is 5.95. The number of hydrogen-bond acceptors (Lipinski definition) is 7. The summed E-state index contributed by atoms with van der Waals surface area (Å²) in [6.45, 7) is 6.24. The number of cyclic esters (lactones) is 1. The number of carbonyl (C=O) groups excluding carboxylic acids is 5. The van der Waals surface area contributed by atoms with E-state index in [0.29, 0.717) is 5.56 Å². The topological polar surface area (TPSA) is 104 Å². The highest BCUT2D eigenvalue weighted by atomic mass is 16.5. The molecule has 4 rings (SSSR count). The van der Waals surface area contributed by atoms with Crippen LogP contribution >= 0.6 is 0 Å². The molecule has 1 aliphatic heterocycles. The maximum absolute atomic E-state index is 13.5. The molecule has 0 bridgehead atoms. The second-order valence-corrected chi connectivity index (χ2v) is 8.26. The maximum Gasteiger partial charge on any atom is 0.342 e. The number of esters is 1. The maximum atomic E-state index is 13.5. The van der Waals surface area contributed by atoms with E-state index in [0.717, 1.165) is 0 Å². The van der Waals surface area contributed by atoms with E-state index in [1.54, 1.807) is 20.8 Å². The van der Waals surface area contributed by atoms with Gasteiger partial charge in [0.25, 0.3) is 0 Å². The van der Waals surface area contributed by atoms with Crippen molar-refractivity contribution in [1.82, 2.24) is 0 Å². The molecular weight excluding hydrogens is 376 g/mol. The summed E-state index contributed by atoms with van der Waals surface area (Å²) >= 11 is 0. The molecule has 3 aliphatic rings. The van der Waals surface area contributed by atoms with Crippen molar-refractivity contribution >= 4 is 29.1 Å². The summed E-state index contributed by atoms with van der Waals surface area (Å²) in [5.74, 6) is -3.75. The van der Waals surface area contributed by atoms with Gasteiger partial charge in [-0.2, -0.15) is 0 Å². The summed E-state index contributed by atoms with van der Waals surface area (Å²) in [5.41, 5.74) is -1.05. The van der Waals surface area contributed by atoms with Gasteiger partial charge < -0.3 is 9.47 Å². The lowest BCUT2D eigenvalue weighted by molar-refractivity contribution is -0.136. The van der Waals surface area contributed by atoms with Gasteiger partial charge in [0.05, 0.1) is 24.0 Å². The molecule has 2 aliphatic carbocycles. The zero-order valence-corrected chi connectivity index (χ0v) is 16.8. The monoisotopic (exact) mass is 396 g/mol. The second-order valence-electron chi connectivity index (χ2n) is 8.26. The molecule has 2 atom stereocenters. The molecule has 7 heteroatoms. The number of hydrogen-bond donors (Lipinski definition) is 0. The van der Waals surface area contributed by atoms with Gasteiger partial charge in [-0.1, -0.05) is 0 Å². The van der Waals surface area contributed by atoms with Gasteiger partial charge in [-0.15, -0.1) is 0 Å². The number of Topliss-reactive ketones (excluding diaryl/α,β-unsaturated/α-hetero) is 4. The number of ether oxygens (including phenoxy) is 2. The quantitative estimate of drug-likeness (QED) is 0.407. The Morgan fingerprint density at radius 1 is 1.03 bits per heavy atom. The van der Waals surface area contributed by atoms with Gasteiger partial charge >= 0.3 is 5.97 Å². The van der Waals surface area contributed by atoms with Gasteiger partial charge in [0.1, 0.15) is 17.4 Å². The molecule has 29 heavy (non-hydrogen) atoms. The number of allylic oxidation sites excluding steroid dienone is 2.